The number of amides is 2. The summed E-state index contributed by atoms with van der Waals surface area (Å²) in [5.41, 5.74) is 0.472. The number of hydrogen-bond acceptors (Lipinski definition) is 5. The molecule has 112 valence electrons. The van der Waals surface area contributed by atoms with Gasteiger partial charge in [0.25, 0.3) is 17.5 Å². The number of nitrogens with zero attached hydrogens (tertiary/aromatic N) is 3. The van der Waals surface area contributed by atoms with Gasteiger partial charge in [0.05, 0.1) is 28.7 Å². The Morgan fingerprint density at radius 1 is 1.13 bits per heavy atom. The van der Waals surface area contributed by atoms with Crippen LogP contribution in [0.15, 0.2) is 42.5 Å². The highest BCUT2D eigenvalue weighted by Crippen LogP contribution is 2.31. The van der Waals surface area contributed by atoms with Gasteiger partial charge >= 0.3 is 0 Å². The number of nitro groups is 1. The highest BCUT2D eigenvalue weighted by Gasteiger charge is 2.40. The van der Waals surface area contributed by atoms with Gasteiger partial charge < -0.3 is 0 Å². The van der Waals surface area contributed by atoms with E-state index in [4.69, 9.17) is 5.26 Å². The summed E-state index contributed by atoms with van der Waals surface area (Å²) in [6.07, 6.45) is 0. The van der Waals surface area contributed by atoms with E-state index in [-0.39, 0.29) is 23.4 Å². The topological polar surface area (TPSA) is 104 Å². The Balaban J connectivity index is 1.99. The van der Waals surface area contributed by atoms with Crippen LogP contribution in [0.5, 0.6) is 0 Å². The molecule has 7 nitrogen and oxygen atoms in total. The van der Waals surface area contributed by atoms with E-state index < -0.39 is 16.7 Å². The quantitative estimate of drug-likeness (QED) is 0.491. The lowest BCUT2D eigenvalue weighted by Gasteiger charge is -2.13. The minimum atomic E-state index is -0.695. The first-order chi connectivity index (χ1) is 11.0. The number of carbonyl (C=O) groups is 2. The van der Waals surface area contributed by atoms with Crippen molar-refractivity contribution in [1.29, 1.82) is 5.26 Å². The highest BCUT2D eigenvalue weighted by molar-refractivity contribution is 6.23. The summed E-state index contributed by atoms with van der Waals surface area (Å²) in [6.45, 7) is -0.0426. The van der Waals surface area contributed by atoms with Crippen LogP contribution in [0.3, 0.4) is 0 Å². The lowest BCUT2D eigenvalue weighted by molar-refractivity contribution is -0.385. The second-order valence-electron chi connectivity index (χ2n) is 4.97. The molecular formula is C16H9N3O4. The summed E-state index contributed by atoms with van der Waals surface area (Å²) in [5.74, 6) is -1.27. The summed E-state index contributed by atoms with van der Waals surface area (Å²) >= 11 is 0. The zero-order valence-corrected chi connectivity index (χ0v) is 11.7. The molecule has 2 aromatic carbocycles. The Labute approximate surface area is 130 Å². The molecule has 0 radical (unpaired) electrons. The SMILES string of the molecule is N#Cc1cccc(CN2C(=O)c3cccc([N+](=O)[O-])c3C2=O)c1. The van der Waals surface area contributed by atoms with Crippen LogP contribution in [-0.2, 0) is 6.54 Å². The maximum atomic E-state index is 12.4. The standard InChI is InChI=1S/C16H9N3O4/c17-8-10-3-1-4-11(7-10)9-18-15(20)12-5-2-6-13(19(22)23)14(12)16(18)21/h1-7H,9H2. The van der Waals surface area contributed by atoms with Crippen molar-refractivity contribution < 1.29 is 14.5 Å². The molecular weight excluding hydrogens is 298 g/mol. The Morgan fingerprint density at radius 2 is 1.87 bits per heavy atom. The van der Waals surface area contributed by atoms with Crippen molar-refractivity contribution in [2.24, 2.45) is 0 Å². The second kappa shape index (κ2) is 5.35. The van der Waals surface area contributed by atoms with Crippen LogP contribution in [0.4, 0.5) is 5.69 Å². The van der Waals surface area contributed by atoms with Crippen LogP contribution >= 0.6 is 0 Å². The third-order valence-corrected chi connectivity index (χ3v) is 3.57. The van der Waals surface area contributed by atoms with Gasteiger partial charge in [0.1, 0.15) is 5.56 Å². The number of nitriles is 1. The van der Waals surface area contributed by atoms with Crippen molar-refractivity contribution in [3.63, 3.8) is 0 Å². The predicted octanol–water partition coefficient (Wildman–Crippen LogP) is 2.26. The first-order valence-electron chi connectivity index (χ1n) is 6.65. The van der Waals surface area contributed by atoms with Crippen molar-refractivity contribution in [2.75, 3.05) is 0 Å². The van der Waals surface area contributed by atoms with Crippen molar-refractivity contribution in [1.82, 2.24) is 4.90 Å². The van der Waals surface area contributed by atoms with E-state index in [0.29, 0.717) is 11.1 Å². The molecule has 0 N–H and O–H groups in total. The van der Waals surface area contributed by atoms with Gasteiger partial charge in [-0.25, -0.2) is 0 Å². The number of carbonyl (C=O) groups excluding carboxylic acids is 2. The fraction of sp³-hybridized carbons (Fsp3) is 0.0625. The molecule has 1 heterocycles. The fourth-order valence-electron chi connectivity index (χ4n) is 2.53. The number of benzene rings is 2. The normalized spacial score (nSPS) is 12.9. The fourth-order valence-corrected chi connectivity index (χ4v) is 2.53. The van der Waals surface area contributed by atoms with Gasteiger partial charge in [-0.05, 0) is 23.8 Å². The van der Waals surface area contributed by atoms with Gasteiger partial charge in [-0.2, -0.15) is 5.26 Å². The molecule has 0 saturated heterocycles. The van der Waals surface area contributed by atoms with E-state index in [1.165, 1.54) is 18.2 Å². The summed E-state index contributed by atoms with van der Waals surface area (Å²) in [7, 11) is 0. The summed E-state index contributed by atoms with van der Waals surface area (Å²) in [6, 6.07) is 12.5. The largest absolute Gasteiger partial charge is 0.282 e. The maximum Gasteiger partial charge on any atom is 0.282 e. The Bertz CT molecular complexity index is 898. The number of hydrogen-bond donors (Lipinski definition) is 0. The van der Waals surface area contributed by atoms with Crippen LogP contribution in [0.25, 0.3) is 0 Å². The van der Waals surface area contributed by atoms with Crippen molar-refractivity contribution in [3.05, 3.63) is 74.8 Å². The number of fused-ring (bicyclic) bond motifs is 1. The van der Waals surface area contributed by atoms with E-state index in [9.17, 15) is 19.7 Å². The monoisotopic (exact) mass is 307 g/mol. The molecule has 23 heavy (non-hydrogen) atoms. The molecule has 1 aliphatic heterocycles. The molecule has 1 aliphatic rings. The Hall–Kier alpha value is -3.53. The van der Waals surface area contributed by atoms with Crippen LogP contribution in [0.2, 0.25) is 0 Å². The van der Waals surface area contributed by atoms with E-state index >= 15 is 0 Å². The average Bonchev–Trinajstić information content (AvgIpc) is 2.80. The number of nitro benzene ring substituents is 1. The minimum absolute atomic E-state index is 0.0284. The van der Waals surface area contributed by atoms with Crippen LogP contribution in [-0.4, -0.2) is 21.6 Å². The van der Waals surface area contributed by atoms with E-state index in [1.54, 1.807) is 24.3 Å². The van der Waals surface area contributed by atoms with E-state index in [2.05, 4.69) is 0 Å². The predicted molar refractivity (Wildman–Crippen MR) is 78.5 cm³/mol. The van der Waals surface area contributed by atoms with Gasteiger partial charge in [-0.1, -0.05) is 18.2 Å². The van der Waals surface area contributed by atoms with E-state index in [0.717, 1.165) is 4.90 Å². The van der Waals surface area contributed by atoms with E-state index in [1.807, 2.05) is 6.07 Å². The molecule has 2 amide bonds. The van der Waals surface area contributed by atoms with Crippen molar-refractivity contribution >= 4 is 17.5 Å². The molecule has 0 unspecified atom stereocenters. The van der Waals surface area contributed by atoms with Gasteiger partial charge in [-0.3, -0.25) is 24.6 Å². The molecule has 2 aromatic rings. The summed E-state index contributed by atoms with van der Waals surface area (Å²) < 4.78 is 0. The first-order valence-corrected chi connectivity index (χ1v) is 6.65. The molecule has 7 heteroatoms. The average molecular weight is 307 g/mol. The zero-order valence-electron chi connectivity index (χ0n) is 11.7. The number of rotatable bonds is 3. The summed E-state index contributed by atoms with van der Waals surface area (Å²) in [4.78, 5) is 36.1. The van der Waals surface area contributed by atoms with Crippen molar-refractivity contribution in [3.8, 4) is 6.07 Å². The molecule has 0 fully saturated rings. The van der Waals surface area contributed by atoms with Crippen molar-refractivity contribution in [2.45, 2.75) is 6.54 Å². The Morgan fingerprint density at radius 3 is 2.57 bits per heavy atom. The first kappa shape index (κ1) is 14.4. The molecule has 0 bridgehead atoms. The summed E-state index contributed by atoms with van der Waals surface area (Å²) in [5, 5.41) is 19.9. The molecule has 0 aliphatic carbocycles. The third-order valence-electron chi connectivity index (χ3n) is 3.57. The zero-order chi connectivity index (χ0) is 16.6. The molecule has 0 atom stereocenters. The molecule has 0 aromatic heterocycles. The van der Waals surface area contributed by atoms with Crippen LogP contribution in [0.1, 0.15) is 31.8 Å². The third kappa shape index (κ3) is 2.32. The van der Waals surface area contributed by atoms with Gasteiger partial charge in [-0.15, -0.1) is 0 Å². The number of imide groups is 1. The minimum Gasteiger partial charge on any atom is -0.270 e. The highest BCUT2D eigenvalue weighted by atomic mass is 16.6. The van der Waals surface area contributed by atoms with Crippen LogP contribution in [0, 0.1) is 21.4 Å². The molecule has 3 rings (SSSR count). The molecule has 0 saturated carbocycles. The van der Waals surface area contributed by atoms with Gasteiger partial charge in [0, 0.05) is 6.07 Å². The maximum absolute atomic E-state index is 12.4. The molecule has 0 spiro atoms. The Kier molecular flexibility index (Phi) is 3.35. The smallest absolute Gasteiger partial charge is 0.270 e. The second-order valence-corrected chi connectivity index (χ2v) is 4.97. The van der Waals surface area contributed by atoms with Gasteiger partial charge in [0.2, 0.25) is 0 Å². The lowest BCUT2D eigenvalue weighted by atomic mass is 10.1. The lowest BCUT2D eigenvalue weighted by Crippen LogP contribution is -2.29. The van der Waals surface area contributed by atoms with Crippen LogP contribution < -0.4 is 0 Å². The van der Waals surface area contributed by atoms with Gasteiger partial charge in [0.15, 0.2) is 0 Å².